The highest BCUT2D eigenvalue weighted by Crippen LogP contribution is 2.17. The molecule has 2 aromatic carbocycles. The van der Waals surface area contributed by atoms with Crippen LogP contribution in [-0.4, -0.2) is 65.9 Å². The fraction of sp³-hybridized carbons (Fsp3) is 0.296. The van der Waals surface area contributed by atoms with Gasteiger partial charge in [0.15, 0.2) is 0 Å². The molecule has 38 heavy (non-hydrogen) atoms. The molecule has 0 aliphatic rings. The largest absolute Gasteiger partial charge is 0.343 e. The quantitative estimate of drug-likeness (QED) is 0.226. The molecule has 8 N–H and O–H groups in total. The number of anilines is 1. The van der Waals surface area contributed by atoms with E-state index in [1.807, 2.05) is 30.3 Å². The normalized spacial score (nSPS) is 12.3. The van der Waals surface area contributed by atoms with Crippen molar-refractivity contribution in [2.45, 2.75) is 24.9 Å². The first-order valence-corrected chi connectivity index (χ1v) is 12.2. The van der Waals surface area contributed by atoms with Crippen LogP contribution in [0.5, 0.6) is 0 Å². The molecule has 1 heterocycles. The Hall–Kier alpha value is -4.37. The molecular weight excluding hydrogens is 484 g/mol. The highest BCUT2D eigenvalue weighted by Gasteiger charge is 2.27. The van der Waals surface area contributed by atoms with Crippen molar-refractivity contribution < 1.29 is 14.4 Å². The van der Waals surface area contributed by atoms with Crippen LogP contribution in [0.1, 0.15) is 17.5 Å². The number of nitrogens with one attached hydrogen (secondary N) is 2. The van der Waals surface area contributed by atoms with E-state index in [1.54, 1.807) is 30.3 Å². The fourth-order valence-corrected chi connectivity index (χ4v) is 3.89. The van der Waals surface area contributed by atoms with Gasteiger partial charge in [0, 0.05) is 38.0 Å². The first-order valence-electron chi connectivity index (χ1n) is 12.2. The third-order valence-electron chi connectivity index (χ3n) is 5.90. The second-order valence-corrected chi connectivity index (χ2v) is 8.75. The van der Waals surface area contributed by atoms with Crippen molar-refractivity contribution in [3.05, 3.63) is 71.9 Å². The van der Waals surface area contributed by atoms with E-state index in [2.05, 4.69) is 15.6 Å². The number of rotatable bonds is 12. The lowest BCUT2D eigenvalue weighted by Crippen LogP contribution is -2.52. The Morgan fingerprint density at radius 3 is 2.34 bits per heavy atom. The molecule has 0 fully saturated rings. The summed E-state index contributed by atoms with van der Waals surface area (Å²) in [5.74, 6) is -1.48. The molecule has 1 aromatic heterocycles. The van der Waals surface area contributed by atoms with E-state index in [0.717, 1.165) is 16.5 Å². The number of fused-ring (bicyclic) bond motifs is 1. The van der Waals surface area contributed by atoms with Gasteiger partial charge in [0.2, 0.25) is 17.7 Å². The van der Waals surface area contributed by atoms with Crippen LogP contribution in [0, 0.1) is 11.3 Å². The highest BCUT2D eigenvalue weighted by atomic mass is 16.2. The molecular formula is C27H32N8O3. The van der Waals surface area contributed by atoms with Gasteiger partial charge >= 0.3 is 0 Å². The van der Waals surface area contributed by atoms with E-state index in [1.165, 1.54) is 11.1 Å². The Kier molecular flexibility index (Phi) is 10.2. The molecule has 11 nitrogen and oxygen atoms in total. The van der Waals surface area contributed by atoms with Gasteiger partial charge in [-0.15, -0.1) is 0 Å². The third-order valence-corrected chi connectivity index (χ3v) is 5.90. The number of pyridine rings is 1. The van der Waals surface area contributed by atoms with Crippen LogP contribution in [0.4, 0.5) is 5.69 Å². The summed E-state index contributed by atoms with van der Waals surface area (Å²) in [6.07, 6.45) is 1.41. The number of nitriles is 1. The van der Waals surface area contributed by atoms with Crippen molar-refractivity contribution >= 4 is 34.3 Å². The predicted molar refractivity (Wildman–Crippen MR) is 144 cm³/mol. The monoisotopic (exact) mass is 516 g/mol. The number of hydrogen-bond donors (Lipinski definition) is 5. The zero-order chi connectivity index (χ0) is 27.5. The molecule has 3 aromatic rings. The Morgan fingerprint density at radius 2 is 1.68 bits per heavy atom. The maximum Gasteiger partial charge on any atom is 0.247 e. The van der Waals surface area contributed by atoms with Gasteiger partial charge in [-0.05, 0) is 29.8 Å². The number of aromatic nitrogens is 1. The van der Waals surface area contributed by atoms with E-state index < -0.39 is 23.9 Å². The second-order valence-electron chi connectivity index (χ2n) is 8.75. The molecule has 0 spiro atoms. The van der Waals surface area contributed by atoms with Gasteiger partial charge in [-0.25, -0.2) is 0 Å². The van der Waals surface area contributed by atoms with Crippen LogP contribution < -0.4 is 27.8 Å². The number of carbonyl (C=O) groups is 3. The smallest absolute Gasteiger partial charge is 0.247 e. The number of amides is 3. The Bertz CT molecular complexity index is 1300. The molecule has 0 saturated carbocycles. The van der Waals surface area contributed by atoms with Gasteiger partial charge in [-0.3, -0.25) is 19.4 Å². The minimum atomic E-state index is -1.18. The van der Waals surface area contributed by atoms with Crippen molar-refractivity contribution in [1.82, 2.24) is 15.2 Å². The topological polar surface area (TPSA) is 193 Å². The molecule has 0 unspecified atom stereocenters. The fourth-order valence-electron chi connectivity index (χ4n) is 3.89. The van der Waals surface area contributed by atoms with Crippen LogP contribution in [0.15, 0.2) is 60.8 Å². The van der Waals surface area contributed by atoms with Crippen molar-refractivity contribution in [3.8, 4) is 6.07 Å². The zero-order valence-electron chi connectivity index (χ0n) is 21.0. The number of carbonyl (C=O) groups excluding carboxylic acids is 3. The number of nitrogens with two attached hydrogens (primary N) is 3. The Labute approximate surface area is 221 Å². The van der Waals surface area contributed by atoms with Crippen molar-refractivity contribution in [2.75, 3.05) is 31.5 Å². The summed E-state index contributed by atoms with van der Waals surface area (Å²) in [4.78, 5) is 44.7. The van der Waals surface area contributed by atoms with Gasteiger partial charge in [0.05, 0.1) is 41.5 Å². The van der Waals surface area contributed by atoms with E-state index >= 15 is 0 Å². The average molecular weight is 517 g/mol. The van der Waals surface area contributed by atoms with Crippen LogP contribution in [-0.2, 0) is 20.8 Å². The summed E-state index contributed by atoms with van der Waals surface area (Å²) in [5.41, 5.74) is 19.6. The van der Waals surface area contributed by atoms with E-state index in [-0.39, 0.29) is 31.8 Å². The molecule has 0 bridgehead atoms. The van der Waals surface area contributed by atoms with E-state index in [0.29, 0.717) is 24.3 Å². The SMILES string of the molecule is N#Cc1ccc(C[C@H](NC(=O)[C@@H](N)CC(=O)N(CCN)CCN)C(=O)Nc2cnc3ccccc3c2)cc1. The maximum absolute atomic E-state index is 13.3. The Balaban J connectivity index is 1.75. The summed E-state index contributed by atoms with van der Waals surface area (Å²) in [6, 6.07) is 15.8. The number of nitrogens with zero attached hydrogens (tertiary/aromatic N) is 3. The predicted octanol–water partition coefficient (Wildman–Crippen LogP) is 0.236. The second kappa shape index (κ2) is 13.8. The summed E-state index contributed by atoms with van der Waals surface area (Å²) in [6.45, 7) is 1.11. The van der Waals surface area contributed by atoms with Gasteiger partial charge < -0.3 is 32.7 Å². The summed E-state index contributed by atoms with van der Waals surface area (Å²) < 4.78 is 0. The lowest BCUT2D eigenvalue weighted by molar-refractivity contribution is -0.134. The molecule has 3 amide bonds. The van der Waals surface area contributed by atoms with Crippen molar-refractivity contribution in [1.29, 1.82) is 5.26 Å². The van der Waals surface area contributed by atoms with Crippen LogP contribution in [0.3, 0.4) is 0 Å². The van der Waals surface area contributed by atoms with E-state index in [4.69, 9.17) is 22.5 Å². The standard InChI is InChI=1S/C27H32N8O3/c28-9-11-35(12-10-29)25(36)15-22(31)26(37)34-24(13-18-5-7-19(16-30)8-6-18)27(38)33-21-14-20-3-1-2-4-23(20)32-17-21/h1-8,14,17,22,24H,9-13,15,28-29,31H2,(H,33,38)(H,34,37)/t22-,24-/m0/s1. The summed E-state index contributed by atoms with van der Waals surface area (Å²) >= 11 is 0. The van der Waals surface area contributed by atoms with Crippen LogP contribution in [0.25, 0.3) is 10.9 Å². The average Bonchev–Trinajstić information content (AvgIpc) is 2.92. The van der Waals surface area contributed by atoms with Crippen molar-refractivity contribution in [3.63, 3.8) is 0 Å². The summed E-state index contributed by atoms with van der Waals surface area (Å²) in [5, 5.41) is 15.4. The third kappa shape index (κ3) is 7.81. The molecule has 0 aliphatic carbocycles. The first-order chi connectivity index (χ1) is 18.3. The van der Waals surface area contributed by atoms with Crippen LogP contribution >= 0.6 is 0 Å². The lowest BCUT2D eigenvalue weighted by atomic mass is 10.0. The molecule has 0 saturated heterocycles. The van der Waals surface area contributed by atoms with E-state index in [9.17, 15) is 14.4 Å². The number of para-hydroxylation sites is 1. The van der Waals surface area contributed by atoms with Gasteiger partial charge in [0.1, 0.15) is 6.04 Å². The molecule has 3 rings (SSSR count). The van der Waals surface area contributed by atoms with Gasteiger partial charge in [-0.1, -0.05) is 30.3 Å². The van der Waals surface area contributed by atoms with Gasteiger partial charge in [0.25, 0.3) is 0 Å². The van der Waals surface area contributed by atoms with Crippen molar-refractivity contribution in [2.24, 2.45) is 17.2 Å². The van der Waals surface area contributed by atoms with Gasteiger partial charge in [-0.2, -0.15) is 5.26 Å². The zero-order valence-corrected chi connectivity index (χ0v) is 21.0. The minimum absolute atomic E-state index is 0.136. The Morgan fingerprint density at radius 1 is 1.00 bits per heavy atom. The maximum atomic E-state index is 13.3. The number of hydrogen-bond acceptors (Lipinski definition) is 8. The molecule has 11 heteroatoms. The molecule has 0 aliphatic heterocycles. The first kappa shape index (κ1) is 28.2. The highest BCUT2D eigenvalue weighted by molar-refractivity contribution is 5.99. The molecule has 2 atom stereocenters. The molecule has 0 radical (unpaired) electrons. The number of benzene rings is 2. The minimum Gasteiger partial charge on any atom is -0.343 e. The lowest BCUT2D eigenvalue weighted by Gasteiger charge is -2.24. The summed E-state index contributed by atoms with van der Waals surface area (Å²) in [7, 11) is 0. The van der Waals surface area contributed by atoms with Crippen LogP contribution in [0.2, 0.25) is 0 Å². The molecule has 198 valence electrons.